The smallest absolute Gasteiger partial charge is 0.256 e. The first-order valence-electron chi connectivity index (χ1n) is 5.96. The van der Waals surface area contributed by atoms with E-state index < -0.39 is 0 Å². The van der Waals surface area contributed by atoms with Gasteiger partial charge in [0.05, 0.1) is 0 Å². The number of nitrogens with one attached hydrogen (secondary N) is 1. The van der Waals surface area contributed by atoms with E-state index in [2.05, 4.69) is 10.5 Å². The lowest BCUT2D eigenvalue weighted by Crippen LogP contribution is -2.27. The molecule has 4 heteroatoms. The third kappa shape index (κ3) is 2.77. The van der Waals surface area contributed by atoms with Crippen molar-refractivity contribution in [3.8, 4) is 11.3 Å². The first kappa shape index (κ1) is 12.4. The molecule has 0 saturated carbocycles. The molecule has 0 aliphatic carbocycles. The summed E-state index contributed by atoms with van der Waals surface area (Å²) in [6, 6.07) is 9.52. The number of amides is 1. The van der Waals surface area contributed by atoms with Gasteiger partial charge in [-0.3, -0.25) is 4.79 Å². The Morgan fingerprint density at radius 3 is 2.72 bits per heavy atom. The first-order chi connectivity index (χ1) is 8.68. The van der Waals surface area contributed by atoms with Gasteiger partial charge in [-0.2, -0.15) is 0 Å². The highest BCUT2D eigenvalue weighted by Gasteiger charge is 2.16. The normalized spacial score (nSPS) is 10.6. The van der Waals surface area contributed by atoms with Crippen molar-refractivity contribution in [2.75, 3.05) is 6.54 Å². The molecule has 0 unspecified atom stereocenters. The molecular formula is C14H16N2O2. The molecule has 1 amide bonds. The second kappa shape index (κ2) is 5.49. The van der Waals surface area contributed by atoms with Crippen molar-refractivity contribution in [3.63, 3.8) is 0 Å². The maximum atomic E-state index is 12.0. The summed E-state index contributed by atoms with van der Waals surface area (Å²) in [6.07, 6.45) is 1.39. The van der Waals surface area contributed by atoms with Crippen LogP contribution in [-0.2, 0) is 0 Å². The van der Waals surface area contributed by atoms with Gasteiger partial charge in [0.2, 0.25) is 0 Å². The summed E-state index contributed by atoms with van der Waals surface area (Å²) < 4.78 is 4.92. The predicted molar refractivity (Wildman–Crippen MR) is 69.1 cm³/mol. The molecule has 1 aromatic carbocycles. The van der Waals surface area contributed by atoms with Gasteiger partial charge in [0.1, 0.15) is 17.5 Å². The minimum Gasteiger partial charge on any atom is -0.363 e. The highest BCUT2D eigenvalue weighted by Crippen LogP contribution is 2.21. The van der Waals surface area contributed by atoms with Crippen LogP contribution in [0.25, 0.3) is 11.3 Å². The maximum absolute atomic E-state index is 12.0. The fraction of sp³-hybridized carbons (Fsp3) is 0.286. The molecule has 0 fully saturated rings. The van der Waals surface area contributed by atoms with Crippen LogP contribution in [0.4, 0.5) is 0 Å². The Morgan fingerprint density at radius 2 is 2.06 bits per heavy atom. The van der Waals surface area contributed by atoms with Gasteiger partial charge in [-0.05, 0) is 5.92 Å². The van der Waals surface area contributed by atoms with Crippen molar-refractivity contribution >= 4 is 5.91 Å². The Morgan fingerprint density at radius 1 is 1.33 bits per heavy atom. The summed E-state index contributed by atoms with van der Waals surface area (Å²) in [4.78, 5) is 12.0. The molecule has 0 aliphatic rings. The van der Waals surface area contributed by atoms with E-state index in [0.29, 0.717) is 23.7 Å². The van der Waals surface area contributed by atoms with Crippen LogP contribution in [0.2, 0.25) is 0 Å². The van der Waals surface area contributed by atoms with Crippen molar-refractivity contribution in [3.05, 3.63) is 42.2 Å². The van der Waals surface area contributed by atoms with Crippen LogP contribution < -0.4 is 5.32 Å². The third-order valence-electron chi connectivity index (χ3n) is 2.53. The van der Waals surface area contributed by atoms with Crippen LogP contribution in [0.5, 0.6) is 0 Å². The highest BCUT2D eigenvalue weighted by molar-refractivity contribution is 5.99. The number of hydrogen-bond acceptors (Lipinski definition) is 3. The fourth-order valence-electron chi connectivity index (χ4n) is 1.59. The van der Waals surface area contributed by atoms with Crippen LogP contribution in [0.1, 0.15) is 24.2 Å². The number of hydrogen-bond donors (Lipinski definition) is 1. The summed E-state index contributed by atoms with van der Waals surface area (Å²) in [5.74, 6) is 0.262. The average Bonchev–Trinajstić information content (AvgIpc) is 2.86. The SMILES string of the molecule is CC(C)CNC(=O)c1conc1-c1ccccc1. The van der Waals surface area contributed by atoms with Gasteiger partial charge in [-0.15, -0.1) is 0 Å². The molecule has 18 heavy (non-hydrogen) atoms. The Hall–Kier alpha value is -2.10. The lowest BCUT2D eigenvalue weighted by atomic mass is 10.1. The van der Waals surface area contributed by atoms with Crippen LogP contribution >= 0.6 is 0 Å². The quantitative estimate of drug-likeness (QED) is 0.899. The largest absolute Gasteiger partial charge is 0.363 e. The zero-order valence-electron chi connectivity index (χ0n) is 10.5. The zero-order chi connectivity index (χ0) is 13.0. The molecule has 0 saturated heterocycles. The second-order valence-corrected chi connectivity index (χ2v) is 4.55. The summed E-state index contributed by atoms with van der Waals surface area (Å²) in [6.45, 7) is 4.73. The first-order valence-corrected chi connectivity index (χ1v) is 5.96. The number of benzene rings is 1. The molecule has 0 atom stereocenters. The molecule has 1 heterocycles. The Kier molecular flexibility index (Phi) is 3.77. The zero-order valence-corrected chi connectivity index (χ0v) is 10.5. The minimum atomic E-state index is -0.149. The lowest BCUT2D eigenvalue weighted by Gasteiger charge is -2.06. The molecule has 0 spiro atoms. The summed E-state index contributed by atoms with van der Waals surface area (Å²) in [5, 5.41) is 6.75. The monoisotopic (exact) mass is 244 g/mol. The number of carbonyl (C=O) groups is 1. The van der Waals surface area contributed by atoms with Crippen molar-refractivity contribution in [1.29, 1.82) is 0 Å². The molecule has 0 aliphatic heterocycles. The van der Waals surface area contributed by atoms with E-state index in [0.717, 1.165) is 5.56 Å². The van der Waals surface area contributed by atoms with E-state index in [-0.39, 0.29) is 5.91 Å². The van der Waals surface area contributed by atoms with Crippen LogP contribution in [0.15, 0.2) is 41.1 Å². The Balaban J connectivity index is 2.20. The third-order valence-corrected chi connectivity index (χ3v) is 2.53. The van der Waals surface area contributed by atoms with Gasteiger partial charge >= 0.3 is 0 Å². The molecule has 2 rings (SSSR count). The minimum absolute atomic E-state index is 0.149. The molecule has 0 radical (unpaired) electrons. The molecule has 4 nitrogen and oxygen atoms in total. The summed E-state index contributed by atoms with van der Waals surface area (Å²) in [5.41, 5.74) is 1.93. The van der Waals surface area contributed by atoms with Crippen LogP contribution in [0, 0.1) is 5.92 Å². The Bertz CT molecular complexity index is 518. The van der Waals surface area contributed by atoms with Gasteiger partial charge in [0.15, 0.2) is 0 Å². The molecule has 0 bridgehead atoms. The van der Waals surface area contributed by atoms with E-state index in [1.165, 1.54) is 6.26 Å². The van der Waals surface area contributed by atoms with E-state index in [1.807, 2.05) is 44.2 Å². The van der Waals surface area contributed by atoms with Crippen molar-refractivity contribution in [2.24, 2.45) is 5.92 Å². The van der Waals surface area contributed by atoms with Crippen molar-refractivity contribution in [2.45, 2.75) is 13.8 Å². The van der Waals surface area contributed by atoms with Crippen molar-refractivity contribution in [1.82, 2.24) is 10.5 Å². The number of carbonyl (C=O) groups excluding carboxylic acids is 1. The van der Waals surface area contributed by atoms with Gasteiger partial charge in [0, 0.05) is 12.1 Å². The maximum Gasteiger partial charge on any atom is 0.256 e. The van der Waals surface area contributed by atoms with E-state index in [1.54, 1.807) is 0 Å². The topological polar surface area (TPSA) is 55.1 Å². The predicted octanol–water partition coefficient (Wildman–Crippen LogP) is 2.73. The number of rotatable bonds is 4. The molecule has 1 N–H and O–H groups in total. The fourth-order valence-corrected chi connectivity index (χ4v) is 1.59. The van der Waals surface area contributed by atoms with Gasteiger partial charge in [0.25, 0.3) is 5.91 Å². The lowest BCUT2D eigenvalue weighted by molar-refractivity contribution is 0.0949. The van der Waals surface area contributed by atoms with Gasteiger partial charge < -0.3 is 9.84 Å². The Labute approximate surface area is 106 Å². The molecule has 94 valence electrons. The number of aromatic nitrogens is 1. The van der Waals surface area contributed by atoms with Crippen molar-refractivity contribution < 1.29 is 9.32 Å². The standard InChI is InChI=1S/C14H16N2O2/c1-10(2)8-15-14(17)12-9-18-16-13(12)11-6-4-3-5-7-11/h3-7,9-10H,8H2,1-2H3,(H,15,17). The van der Waals surface area contributed by atoms with Gasteiger partial charge in [-0.1, -0.05) is 49.3 Å². The van der Waals surface area contributed by atoms with Crippen LogP contribution in [0.3, 0.4) is 0 Å². The van der Waals surface area contributed by atoms with Gasteiger partial charge in [-0.25, -0.2) is 0 Å². The molecule has 1 aromatic heterocycles. The van der Waals surface area contributed by atoms with E-state index >= 15 is 0 Å². The summed E-state index contributed by atoms with van der Waals surface area (Å²) >= 11 is 0. The highest BCUT2D eigenvalue weighted by atomic mass is 16.5. The summed E-state index contributed by atoms with van der Waals surface area (Å²) in [7, 11) is 0. The molecular weight excluding hydrogens is 228 g/mol. The second-order valence-electron chi connectivity index (χ2n) is 4.55. The van der Waals surface area contributed by atoms with Crippen LogP contribution in [-0.4, -0.2) is 17.6 Å². The van der Waals surface area contributed by atoms with E-state index in [4.69, 9.17) is 4.52 Å². The number of nitrogens with zero attached hydrogens (tertiary/aromatic N) is 1. The molecule has 2 aromatic rings. The van der Waals surface area contributed by atoms with E-state index in [9.17, 15) is 4.79 Å². The average molecular weight is 244 g/mol.